The topological polar surface area (TPSA) is 54.5 Å². The van der Waals surface area contributed by atoms with Crippen molar-refractivity contribution in [1.29, 1.82) is 0 Å². The van der Waals surface area contributed by atoms with E-state index in [1.165, 1.54) is 5.56 Å². The molecule has 2 fully saturated rings. The van der Waals surface area contributed by atoms with Crippen LogP contribution in [0.25, 0.3) is 0 Å². The van der Waals surface area contributed by atoms with Crippen molar-refractivity contribution in [3.8, 4) is 11.5 Å². The molecule has 184 valence electrons. The molecule has 0 aromatic heterocycles. The predicted molar refractivity (Wildman–Crippen MR) is 133 cm³/mol. The summed E-state index contributed by atoms with van der Waals surface area (Å²) in [5.74, 6) is 1.56. The van der Waals surface area contributed by atoms with Gasteiger partial charge >= 0.3 is 0 Å². The summed E-state index contributed by atoms with van der Waals surface area (Å²) in [7, 11) is 2.12. The van der Waals surface area contributed by atoms with Crippen LogP contribution in [0.4, 0.5) is 0 Å². The highest BCUT2D eigenvalue weighted by Gasteiger charge is 2.30. The van der Waals surface area contributed by atoms with E-state index in [9.17, 15) is 4.79 Å². The van der Waals surface area contributed by atoms with Crippen molar-refractivity contribution in [3.63, 3.8) is 0 Å². The van der Waals surface area contributed by atoms with Gasteiger partial charge in [-0.05, 0) is 50.7 Å². The predicted octanol–water partition coefficient (Wildman–Crippen LogP) is 3.31. The fourth-order valence-corrected chi connectivity index (χ4v) is 4.51. The molecule has 7 nitrogen and oxygen atoms in total. The molecule has 0 radical (unpaired) electrons. The Labute approximate surface area is 203 Å². The molecule has 1 unspecified atom stereocenters. The quantitative estimate of drug-likeness (QED) is 0.594. The molecule has 0 aliphatic carbocycles. The minimum absolute atomic E-state index is 0.0276. The van der Waals surface area contributed by atoms with Gasteiger partial charge in [0.1, 0.15) is 18.1 Å². The molecular formula is C27H37N3O4. The van der Waals surface area contributed by atoms with Crippen molar-refractivity contribution in [2.75, 3.05) is 66.1 Å². The Balaban J connectivity index is 1.40. The third-order valence-corrected chi connectivity index (χ3v) is 6.46. The van der Waals surface area contributed by atoms with Crippen LogP contribution in [0.2, 0.25) is 0 Å². The number of carbonyl (C=O) groups is 1. The first-order valence-electron chi connectivity index (χ1n) is 12.3. The number of amides is 1. The van der Waals surface area contributed by atoms with Crippen LogP contribution >= 0.6 is 0 Å². The number of hydrogen-bond donors (Lipinski definition) is 0. The van der Waals surface area contributed by atoms with Gasteiger partial charge in [0.05, 0.1) is 30.9 Å². The van der Waals surface area contributed by atoms with E-state index in [0.717, 1.165) is 45.1 Å². The Morgan fingerprint density at radius 3 is 2.50 bits per heavy atom. The molecule has 1 amide bonds. The van der Waals surface area contributed by atoms with Crippen molar-refractivity contribution >= 4 is 5.91 Å². The van der Waals surface area contributed by atoms with E-state index in [4.69, 9.17) is 14.2 Å². The summed E-state index contributed by atoms with van der Waals surface area (Å²) in [5, 5.41) is 0. The monoisotopic (exact) mass is 467 g/mol. The molecule has 2 aromatic carbocycles. The zero-order chi connectivity index (χ0) is 23.9. The summed E-state index contributed by atoms with van der Waals surface area (Å²) in [5.41, 5.74) is 1.82. The maximum atomic E-state index is 13.5. The van der Waals surface area contributed by atoms with Crippen LogP contribution in [0.1, 0.15) is 35.8 Å². The second kappa shape index (κ2) is 11.7. The van der Waals surface area contributed by atoms with E-state index in [1.54, 1.807) is 0 Å². The highest BCUT2D eigenvalue weighted by atomic mass is 16.5. The summed E-state index contributed by atoms with van der Waals surface area (Å²) in [6.07, 6.45) is 0.146. The smallest absolute Gasteiger partial charge is 0.257 e. The highest BCUT2D eigenvalue weighted by molar-refractivity contribution is 5.97. The first-order valence-corrected chi connectivity index (χ1v) is 12.3. The fourth-order valence-electron chi connectivity index (χ4n) is 4.51. The van der Waals surface area contributed by atoms with E-state index in [1.807, 2.05) is 55.1 Å². The van der Waals surface area contributed by atoms with Gasteiger partial charge in [0, 0.05) is 39.3 Å². The Bertz CT molecular complexity index is 928. The van der Waals surface area contributed by atoms with Crippen LogP contribution in [-0.4, -0.2) is 92.8 Å². The van der Waals surface area contributed by atoms with Crippen LogP contribution in [0.15, 0.2) is 48.5 Å². The van der Waals surface area contributed by atoms with Gasteiger partial charge in [-0.1, -0.05) is 24.3 Å². The number of benzene rings is 2. The fraction of sp³-hybridized carbons (Fsp3) is 0.519. The molecule has 0 saturated carbocycles. The summed E-state index contributed by atoms with van der Waals surface area (Å²) < 4.78 is 17.3. The summed E-state index contributed by atoms with van der Waals surface area (Å²) >= 11 is 0. The molecule has 2 heterocycles. The van der Waals surface area contributed by atoms with Crippen LogP contribution in [-0.2, 0) is 4.74 Å². The van der Waals surface area contributed by atoms with Crippen LogP contribution < -0.4 is 9.47 Å². The Morgan fingerprint density at radius 1 is 1.03 bits per heavy atom. The molecule has 0 N–H and O–H groups in total. The average molecular weight is 468 g/mol. The van der Waals surface area contributed by atoms with Crippen LogP contribution in [0.3, 0.4) is 0 Å². The lowest BCUT2D eigenvalue weighted by Gasteiger charge is -2.40. The molecule has 7 heteroatoms. The van der Waals surface area contributed by atoms with Crippen LogP contribution in [0.5, 0.6) is 11.5 Å². The summed E-state index contributed by atoms with van der Waals surface area (Å²) in [4.78, 5) is 20.1. The van der Waals surface area contributed by atoms with Gasteiger partial charge in [0.25, 0.3) is 5.91 Å². The summed E-state index contributed by atoms with van der Waals surface area (Å²) in [6.45, 7) is 11.0. The van der Waals surface area contributed by atoms with Crippen molar-refractivity contribution in [2.24, 2.45) is 0 Å². The van der Waals surface area contributed by atoms with E-state index in [2.05, 4.69) is 29.0 Å². The third kappa shape index (κ3) is 6.29. The van der Waals surface area contributed by atoms with Gasteiger partial charge in [0.2, 0.25) is 0 Å². The average Bonchev–Trinajstić information content (AvgIpc) is 2.85. The number of nitrogens with zero attached hydrogens (tertiary/aromatic N) is 3. The molecule has 0 spiro atoms. The normalized spacial score (nSPS) is 19.9. The number of morpholine rings is 1. The number of carbonyl (C=O) groups excluding carboxylic acids is 1. The molecule has 4 rings (SSSR count). The maximum absolute atomic E-state index is 13.5. The molecule has 2 aliphatic rings. The molecule has 1 atom stereocenters. The van der Waals surface area contributed by atoms with Gasteiger partial charge in [-0.2, -0.15) is 0 Å². The van der Waals surface area contributed by atoms with E-state index >= 15 is 0 Å². The number of likely N-dealkylation sites (N-methyl/N-ethyl adjacent to an activating group) is 1. The third-order valence-electron chi connectivity index (χ3n) is 6.46. The van der Waals surface area contributed by atoms with Gasteiger partial charge in [0.15, 0.2) is 0 Å². The number of ether oxygens (including phenoxy) is 3. The van der Waals surface area contributed by atoms with Gasteiger partial charge < -0.3 is 19.1 Å². The van der Waals surface area contributed by atoms with Crippen molar-refractivity contribution in [3.05, 3.63) is 59.7 Å². The van der Waals surface area contributed by atoms with E-state index in [-0.39, 0.29) is 18.1 Å². The van der Waals surface area contributed by atoms with Crippen LogP contribution in [0, 0.1) is 0 Å². The standard InChI is InChI=1S/C27H37N3O4/c1-21(2)34-23-10-8-22(9-11-23)25-20-30(13-12-28(25)3)27(31)24-6-4-5-7-26(24)33-19-16-29-14-17-32-18-15-29/h4-11,21,25H,12-20H2,1-3H3. The Kier molecular flexibility index (Phi) is 8.43. The lowest BCUT2D eigenvalue weighted by atomic mass is 10.0. The first kappa shape index (κ1) is 24.5. The zero-order valence-corrected chi connectivity index (χ0v) is 20.6. The largest absolute Gasteiger partial charge is 0.491 e. The van der Waals surface area contributed by atoms with E-state index < -0.39 is 0 Å². The van der Waals surface area contributed by atoms with Crippen molar-refractivity contribution < 1.29 is 19.0 Å². The first-order chi connectivity index (χ1) is 16.5. The van der Waals surface area contributed by atoms with Gasteiger partial charge in [-0.15, -0.1) is 0 Å². The minimum atomic E-state index is 0.0276. The SMILES string of the molecule is CC(C)Oc1ccc(C2CN(C(=O)c3ccccc3OCCN3CCOCC3)CCN2C)cc1. The molecule has 0 bridgehead atoms. The minimum Gasteiger partial charge on any atom is -0.491 e. The second-order valence-electron chi connectivity index (χ2n) is 9.28. The van der Waals surface area contributed by atoms with E-state index in [0.29, 0.717) is 31.0 Å². The van der Waals surface area contributed by atoms with Gasteiger partial charge in [-0.3, -0.25) is 14.6 Å². The number of rotatable bonds is 8. The molecule has 2 saturated heterocycles. The molecule has 2 aliphatic heterocycles. The number of piperazine rings is 1. The lowest BCUT2D eigenvalue weighted by molar-refractivity contribution is 0.0321. The zero-order valence-electron chi connectivity index (χ0n) is 20.6. The summed E-state index contributed by atoms with van der Waals surface area (Å²) in [6, 6.07) is 16.0. The Hall–Kier alpha value is -2.61. The lowest BCUT2D eigenvalue weighted by Crippen LogP contribution is -2.49. The van der Waals surface area contributed by atoms with Crippen molar-refractivity contribution in [1.82, 2.24) is 14.7 Å². The molecular weight excluding hydrogens is 430 g/mol. The van der Waals surface area contributed by atoms with Gasteiger partial charge in [-0.25, -0.2) is 0 Å². The Morgan fingerprint density at radius 2 is 1.76 bits per heavy atom. The number of para-hydroxylation sites is 1. The second-order valence-corrected chi connectivity index (χ2v) is 9.28. The molecule has 34 heavy (non-hydrogen) atoms. The molecule has 2 aromatic rings. The maximum Gasteiger partial charge on any atom is 0.257 e. The van der Waals surface area contributed by atoms with Crippen molar-refractivity contribution in [2.45, 2.75) is 26.0 Å². The number of hydrogen-bond acceptors (Lipinski definition) is 6. The highest BCUT2D eigenvalue weighted by Crippen LogP contribution is 2.28.